The summed E-state index contributed by atoms with van der Waals surface area (Å²) in [6.45, 7) is 5.51. The molecule has 0 aliphatic carbocycles. The molecule has 3 aliphatic rings. The first kappa shape index (κ1) is 29.3. The maximum absolute atomic E-state index is 16.5. The first-order valence-corrected chi connectivity index (χ1v) is 15.8. The standard InChI is InChI=1S/C34H38F3N5O2/c1-2-24-11-10-23(19-44-24)38-15-4-16-43-34-40-32-27(33(41-34)42-17-21-8-9-22(18-42)39-21)13-12-26(30(32)36)25-6-3-5-20-7-14-28(35)31(37)29(20)25/h3,5-7,12-14,21-24,38-39H,2,4,8-11,15-19H2,1H3. The quantitative estimate of drug-likeness (QED) is 0.223. The van der Waals surface area contributed by atoms with Crippen LogP contribution in [0.25, 0.3) is 32.8 Å². The van der Waals surface area contributed by atoms with E-state index in [2.05, 4.69) is 27.4 Å². The van der Waals surface area contributed by atoms with Crippen molar-refractivity contribution in [3.63, 3.8) is 0 Å². The molecule has 0 saturated carbocycles. The predicted octanol–water partition coefficient (Wildman–Crippen LogP) is 6.12. The van der Waals surface area contributed by atoms with Crippen molar-refractivity contribution in [3.8, 4) is 17.1 Å². The van der Waals surface area contributed by atoms with E-state index in [0.29, 0.717) is 47.4 Å². The average Bonchev–Trinajstić information content (AvgIpc) is 3.39. The zero-order valence-electron chi connectivity index (χ0n) is 24.9. The van der Waals surface area contributed by atoms with Gasteiger partial charge in [-0.1, -0.05) is 37.3 Å². The van der Waals surface area contributed by atoms with E-state index in [1.54, 1.807) is 30.3 Å². The Morgan fingerprint density at radius 2 is 1.80 bits per heavy atom. The second-order valence-corrected chi connectivity index (χ2v) is 12.3. The lowest BCUT2D eigenvalue weighted by atomic mass is 9.96. The monoisotopic (exact) mass is 605 g/mol. The number of ether oxygens (including phenoxy) is 2. The summed E-state index contributed by atoms with van der Waals surface area (Å²) in [6.07, 6.45) is 6.48. The van der Waals surface area contributed by atoms with Crippen LogP contribution in [-0.4, -0.2) is 67.0 Å². The Labute approximate surface area is 255 Å². The molecule has 10 heteroatoms. The van der Waals surface area contributed by atoms with Crippen molar-refractivity contribution in [1.82, 2.24) is 20.6 Å². The van der Waals surface area contributed by atoms with Crippen molar-refractivity contribution in [2.45, 2.75) is 69.7 Å². The van der Waals surface area contributed by atoms with Crippen molar-refractivity contribution < 1.29 is 22.6 Å². The second-order valence-electron chi connectivity index (χ2n) is 12.3. The van der Waals surface area contributed by atoms with E-state index in [-0.39, 0.29) is 28.0 Å². The van der Waals surface area contributed by atoms with Gasteiger partial charge in [-0.25, -0.2) is 13.2 Å². The van der Waals surface area contributed by atoms with Crippen molar-refractivity contribution in [3.05, 3.63) is 59.9 Å². The van der Waals surface area contributed by atoms with Crippen LogP contribution in [0.1, 0.15) is 45.4 Å². The fourth-order valence-electron chi connectivity index (χ4n) is 6.97. The predicted molar refractivity (Wildman–Crippen MR) is 166 cm³/mol. The summed E-state index contributed by atoms with van der Waals surface area (Å²) in [5.74, 6) is -1.96. The van der Waals surface area contributed by atoms with Crippen LogP contribution in [0.15, 0.2) is 42.5 Å². The maximum Gasteiger partial charge on any atom is 0.319 e. The number of anilines is 1. The largest absolute Gasteiger partial charge is 0.463 e. The molecular weight excluding hydrogens is 567 g/mol. The molecule has 44 heavy (non-hydrogen) atoms. The summed E-state index contributed by atoms with van der Waals surface area (Å²) in [4.78, 5) is 11.5. The Bertz CT molecular complexity index is 1650. The third-order valence-corrected chi connectivity index (χ3v) is 9.32. The van der Waals surface area contributed by atoms with Crippen molar-refractivity contribution >= 4 is 27.5 Å². The SMILES string of the molecule is CCC1CCC(NCCCOc2nc(N3CC4CCC(C3)N4)c3ccc(-c4cccc5ccc(F)c(F)c45)c(F)c3n2)CO1. The van der Waals surface area contributed by atoms with Crippen LogP contribution in [-0.2, 0) is 4.74 Å². The first-order chi connectivity index (χ1) is 21.5. The highest BCUT2D eigenvalue weighted by Crippen LogP contribution is 2.38. The number of aromatic nitrogens is 2. The molecule has 7 nitrogen and oxygen atoms in total. The van der Waals surface area contributed by atoms with Gasteiger partial charge in [-0.15, -0.1) is 0 Å². The lowest BCUT2D eigenvalue weighted by molar-refractivity contribution is -0.00428. The van der Waals surface area contributed by atoms with Gasteiger partial charge >= 0.3 is 6.01 Å². The lowest BCUT2D eigenvalue weighted by Gasteiger charge is -2.34. The van der Waals surface area contributed by atoms with Crippen LogP contribution < -0.4 is 20.3 Å². The molecule has 3 aliphatic heterocycles. The van der Waals surface area contributed by atoms with Gasteiger partial charge in [-0.05, 0) is 68.2 Å². The minimum atomic E-state index is -1.00. The van der Waals surface area contributed by atoms with Gasteiger partial charge in [0.05, 0.1) is 19.3 Å². The molecule has 4 unspecified atom stereocenters. The van der Waals surface area contributed by atoms with Gasteiger partial charge in [0.1, 0.15) is 11.3 Å². The smallest absolute Gasteiger partial charge is 0.319 e. The van der Waals surface area contributed by atoms with Crippen LogP contribution in [0.3, 0.4) is 0 Å². The molecule has 0 radical (unpaired) electrons. The first-order valence-electron chi connectivity index (χ1n) is 15.8. The molecule has 0 spiro atoms. The normalized spacial score (nSPS) is 23.5. The number of hydrogen-bond acceptors (Lipinski definition) is 7. The summed E-state index contributed by atoms with van der Waals surface area (Å²) in [5.41, 5.74) is 0.516. The third-order valence-electron chi connectivity index (χ3n) is 9.32. The van der Waals surface area contributed by atoms with Gasteiger partial charge in [-0.3, -0.25) is 0 Å². The highest BCUT2D eigenvalue weighted by atomic mass is 19.2. The second kappa shape index (κ2) is 12.5. The Balaban J connectivity index is 1.18. The zero-order chi connectivity index (χ0) is 30.2. The van der Waals surface area contributed by atoms with E-state index in [1.165, 1.54) is 6.07 Å². The van der Waals surface area contributed by atoms with Crippen LogP contribution in [0, 0.1) is 17.5 Å². The highest BCUT2D eigenvalue weighted by molar-refractivity contribution is 6.00. The number of nitrogens with one attached hydrogen (secondary N) is 2. The zero-order valence-corrected chi connectivity index (χ0v) is 24.9. The molecule has 2 bridgehead atoms. The summed E-state index contributed by atoms with van der Waals surface area (Å²) < 4.78 is 57.7. The minimum Gasteiger partial charge on any atom is -0.463 e. The molecule has 3 aromatic carbocycles. The fourth-order valence-corrected chi connectivity index (χ4v) is 6.97. The van der Waals surface area contributed by atoms with Gasteiger partial charge in [0, 0.05) is 47.6 Å². The molecular formula is C34H38F3N5O2. The fraction of sp³-hybridized carbons (Fsp3) is 0.471. The number of rotatable bonds is 9. The summed E-state index contributed by atoms with van der Waals surface area (Å²) >= 11 is 0. The number of piperazine rings is 1. The van der Waals surface area contributed by atoms with E-state index in [4.69, 9.17) is 14.5 Å². The number of fused-ring (bicyclic) bond motifs is 4. The molecule has 4 heterocycles. The van der Waals surface area contributed by atoms with Gasteiger partial charge in [0.15, 0.2) is 17.5 Å². The molecule has 3 saturated heterocycles. The van der Waals surface area contributed by atoms with Crippen molar-refractivity contribution in [2.24, 2.45) is 0 Å². The molecule has 4 atom stereocenters. The van der Waals surface area contributed by atoms with Crippen molar-refractivity contribution in [1.29, 1.82) is 0 Å². The van der Waals surface area contributed by atoms with Crippen LogP contribution in [0.5, 0.6) is 6.01 Å². The molecule has 7 rings (SSSR count). The van der Waals surface area contributed by atoms with Gasteiger partial charge in [-0.2, -0.15) is 9.97 Å². The Hall–Kier alpha value is -3.47. The summed E-state index contributed by atoms with van der Waals surface area (Å²) in [6, 6.07) is 12.1. The molecule has 232 valence electrons. The molecule has 3 fully saturated rings. The van der Waals surface area contributed by atoms with E-state index in [9.17, 15) is 4.39 Å². The molecule has 0 amide bonds. The lowest BCUT2D eigenvalue weighted by Crippen LogP contribution is -2.51. The topological polar surface area (TPSA) is 71.5 Å². The highest BCUT2D eigenvalue weighted by Gasteiger charge is 2.34. The van der Waals surface area contributed by atoms with Crippen LogP contribution in [0.4, 0.5) is 19.0 Å². The Morgan fingerprint density at radius 3 is 2.57 bits per heavy atom. The van der Waals surface area contributed by atoms with Crippen LogP contribution in [0.2, 0.25) is 0 Å². The third kappa shape index (κ3) is 5.71. The number of benzene rings is 3. The molecule has 1 aromatic heterocycles. The summed E-state index contributed by atoms with van der Waals surface area (Å²) in [7, 11) is 0. The van der Waals surface area contributed by atoms with E-state index in [0.717, 1.165) is 70.8 Å². The number of halogens is 3. The van der Waals surface area contributed by atoms with E-state index < -0.39 is 17.5 Å². The number of hydrogen-bond donors (Lipinski definition) is 2. The maximum atomic E-state index is 16.5. The van der Waals surface area contributed by atoms with E-state index >= 15 is 8.78 Å². The Morgan fingerprint density at radius 1 is 0.955 bits per heavy atom. The van der Waals surface area contributed by atoms with Gasteiger partial charge in [0.2, 0.25) is 0 Å². The number of nitrogens with zero attached hydrogens (tertiary/aromatic N) is 3. The molecule has 4 aromatic rings. The van der Waals surface area contributed by atoms with Crippen molar-refractivity contribution in [2.75, 3.05) is 37.7 Å². The Kier molecular flexibility index (Phi) is 8.31. The average molecular weight is 606 g/mol. The van der Waals surface area contributed by atoms with Gasteiger partial charge < -0.3 is 25.0 Å². The molecule has 2 N–H and O–H groups in total. The van der Waals surface area contributed by atoms with E-state index in [1.807, 2.05) is 0 Å². The van der Waals surface area contributed by atoms with Crippen LogP contribution >= 0.6 is 0 Å². The van der Waals surface area contributed by atoms with Gasteiger partial charge in [0.25, 0.3) is 0 Å². The minimum absolute atomic E-state index is 0.0382. The summed E-state index contributed by atoms with van der Waals surface area (Å²) in [5, 5.41) is 8.26.